The van der Waals surface area contributed by atoms with Crippen molar-refractivity contribution >= 4 is 5.69 Å². The van der Waals surface area contributed by atoms with Crippen LogP contribution in [0.3, 0.4) is 0 Å². The van der Waals surface area contributed by atoms with Crippen molar-refractivity contribution in [2.45, 2.75) is 0 Å². The molecule has 0 N–H and O–H groups in total. The second kappa shape index (κ2) is 3.49. The molecule has 0 aliphatic rings. The predicted octanol–water partition coefficient (Wildman–Crippen LogP) is 2.39. The fourth-order valence-electron chi connectivity index (χ4n) is 1.15. The molecule has 0 atom stereocenters. The molecule has 0 amide bonds. The normalized spacial score (nSPS) is 10.2. The molecule has 1 aromatic heterocycles. The molecule has 2 rings (SSSR count). The Morgan fingerprint density at radius 1 is 1.47 bits per heavy atom. The lowest BCUT2D eigenvalue weighted by Crippen LogP contribution is -1.91. The lowest BCUT2D eigenvalue weighted by atomic mass is 10.2. The summed E-state index contributed by atoms with van der Waals surface area (Å²) in [6.07, 6.45) is 2.61. The van der Waals surface area contributed by atoms with E-state index in [-0.39, 0.29) is 17.1 Å². The number of benzene rings is 1. The molecule has 0 unspecified atom stereocenters. The first-order valence-electron chi connectivity index (χ1n) is 4.02. The highest BCUT2D eigenvalue weighted by atomic mass is 19.1. The summed E-state index contributed by atoms with van der Waals surface area (Å²) in [6.45, 7) is 0. The van der Waals surface area contributed by atoms with Gasteiger partial charge in [-0.2, -0.15) is 0 Å². The summed E-state index contributed by atoms with van der Waals surface area (Å²) in [5.41, 5.74) is -0.223. The Morgan fingerprint density at radius 2 is 2.27 bits per heavy atom. The van der Waals surface area contributed by atoms with E-state index in [1.807, 2.05) is 0 Å². The quantitative estimate of drug-likeness (QED) is 0.561. The zero-order valence-electron chi connectivity index (χ0n) is 7.38. The lowest BCUT2D eigenvalue weighted by Gasteiger charge is -1.97. The molecule has 0 saturated heterocycles. The molecule has 1 heterocycles. The van der Waals surface area contributed by atoms with Crippen molar-refractivity contribution in [3.63, 3.8) is 0 Å². The number of aromatic nitrogens is 1. The fourth-order valence-corrected chi connectivity index (χ4v) is 1.15. The zero-order chi connectivity index (χ0) is 10.8. The summed E-state index contributed by atoms with van der Waals surface area (Å²) in [7, 11) is 0. The van der Waals surface area contributed by atoms with Crippen molar-refractivity contribution in [1.29, 1.82) is 0 Å². The van der Waals surface area contributed by atoms with Gasteiger partial charge in [-0.1, -0.05) is 0 Å². The SMILES string of the molecule is O=[N+]([O-])c1ccc(F)c(-c2ncco2)c1. The summed E-state index contributed by atoms with van der Waals surface area (Å²) in [5.74, 6) is -0.584. The molecule has 0 saturated carbocycles. The number of hydrogen-bond donors (Lipinski definition) is 0. The Bertz CT molecular complexity index is 496. The van der Waals surface area contributed by atoms with Gasteiger partial charge in [-0.3, -0.25) is 10.1 Å². The number of hydrogen-bond acceptors (Lipinski definition) is 4. The summed E-state index contributed by atoms with van der Waals surface area (Å²) in [5, 5.41) is 10.5. The number of nitro groups is 1. The van der Waals surface area contributed by atoms with E-state index >= 15 is 0 Å². The molecule has 1 aromatic carbocycles. The third kappa shape index (κ3) is 1.69. The van der Waals surface area contributed by atoms with Gasteiger partial charge in [0.2, 0.25) is 5.89 Å². The highest BCUT2D eigenvalue weighted by Gasteiger charge is 2.14. The zero-order valence-corrected chi connectivity index (χ0v) is 7.38. The van der Waals surface area contributed by atoms with Crippen LogP contribution in [0, 0.1) is 15.9 Å². The monoisotopic (exact) mass is 208 g/mol. The van der Waals surface area contributed by atoms with Crippen molar-refractivity contribution in [1.82, 2.24) is 4.98 Å². The molecule has 0 fully saturated rings. The van der Waals surface area contributed by atoms with E-state index in [1.54, 1.807) is 0 Å². The van der Waals surface area contributed by atoms with Crippen molar-refractivity contribution in [3.8, 4) is 11.5 Å². The minimum absolute atomic E-state index is 0.0193. The van der Waals surface area contributed by atoms with Crippen LogP contribution in [0.4, 0.5) is 10.1 Å². The van der Waals surface area contributed by atoms with Gasteiger partial charge in [-0.15, -0.1) is 0 Å². The maximum Gasteiger partial charge on any atom is 0.270 e. The van der Waals surface area contributed by atoms with Crippen LogP contribution in [-0.4, -0.2) is 9.91 Å². The highest BCUT2D eigenvalue weighted by molar-refractivity contribution is 5.58. The van der Waals surface area contributed by atoms with E-state index in [9.17, 15) is 14.5 Å². The van der Waals surface area contributed by atoms with Crippen LogP contribution in [0.15, 0.2) is 35.1 Å². The average molecular weight is 208 g/mol. The van der Waals surface area contributed by atoms with Crippen LogP contribution in [0.5, 0.6) is 0 Å². The van der Waals surface area contributed by atoms with E-state index in [2.05, 4.69) is 4.98 Å². The third-order valence-electron chi connectivity index (χ3n) is 1.82. The van der Waals surface area contributed by atoms with Crippen molar-refractivity contribution < 1.29 is 13.7 Å². The first-order chi connectivity index (χ1) is 7.18. The Balaban J connectivity index is 2.55. The van der Waals surface area contributed by atoms with Gasteiger partial charge < -0.3 is 4.42 Å². The molecule has 2 aromatic rings. The third-order valence-corrected chi connectivity index (χ3v) is 1.82. The van der Waals surface area contributed by atoms with Crippen LogP contribution >= 0.6 is 0 Å². The molecule has 0 spiro atoms. The number of halogens is 1. The van der Waals surface area contributed by atoms with Crippen LogP contribution in [0.25, 0.3) is 11.5 Å². The molecule has 0 bridgehead atoms. The summed E-state index contributed by atoms with van der Waals surface area (Å²) < 4.78 is 18.1. The van der Waals surface area contributed by atoms with E-state index < -0.39 is 10.7 Å². The van der Waals surface area contributed by atoms with Crippen LogP contribution in [0.1, 0.15) is 0 Å². The van der Waals surface area contributed by atoms with Crippen molar-refractivity contribution in [3.05, 3.63) is 46.6 Å². The molecule has 5 nitrogen and oxygen atoms in total. The number of nitro benzene ring substituents is 1. The number of nitrogens with zero attached hydrogens (tertiary/aromatic N) is 2. The standard InChI is InChI=1S/C9H5FN2O3/c10-8-2-1-6(12(13)14)5-7(8)9-11-3-4-15-9/h1-5H. The molecule has 15 heavy (non-hydrogen) atoms. The number of non-ortho nitro benzene ring substituents is 1. The summed E-state index contributed by atoms with van der Waals surface area (Å²) in [4.78, 5) is 13.6. The van der Waals surface area contributed by atoms with Crippen molar-refractivity contribution in [2.75, 3.05) is 0 Å². The maximum absolute atomic E-state index is 13.3. The van der Waals surface area contributed by atoms with Gasteiger partial charge in [0.05, 0.1) is 16.7 Å². The van der Waals surface area contributed by atoms with Gasteiger partial charge in [-0.25, -0.2) is 9.37 Å². The Labute approximate surface area is 83.3 Å². The molecular formula is C9H5FN2O3. The van der Waals surface area contributed by atoms with Crippen molar-refractivity contribution in [2.24, 2.45) is 0 Å². The maximum atomic E-state index is 13.3. The highest BCUT2D eigenvalue weighted by Crippen LogP contribution is 2.25. The first-order valence-corrected chi connectivity index (χ1v) is 4.02. The molecule has 6 heteroatoms. The Morgan fingerprint density at radius 3 is 2.87 bits per heavy atom. The summed E-state index contributed by atoms with van der Waals surface area (Å²) in [6, 6.07) is 3.18. The first kappa shape index (κ1) is 9.32. The smallest absolute Gasteiger partial charge is 0.270 e. The second-order valence-electron chi connectivity index (χ2n) is 2.76. The minimum Gasteiger partial charge on any atom is -0.444 e. The largest absolute Gasteiger partial charge is 0.444 e. The van der Waals surface area contributed by atoms with Gasteiger partial charge >= 0.3 is 0 Å². The molecule has 76 valence electrons. The van der Waals surface area contributed by atoms with E-state index in [1.165, 1.54) is 12.5 Å². The predicted molar refractivity (Wildman–Crippen MR) is 48.6 cm³/mol. The molecular weight excluding hydrogens is 203 g/mol. The van der Waals surface area contributed by atoms with E-state index in [0.717, 1.165) is 18.2 Å². The van der Waals surface area contributed by atoms with Gasteiger partial charge in [0.15, 0.2) is 0 Å². The second-order valence-corrected chi connectivity index (χ2v) is 2.76. The Hall–Kier alpha value is -2.24. The molecule has 0 aliphatic carbocycles. The van der Waals surface area contributed by atoms with Gasteiger partial charge in [0, 0.05) is 12.1 Å². The molecule has 0 radical (unpaired) electrons. The Kier molecular flexibility index (Phi) is 2.17. The summed E-state index contributed by atoms with van der Waals surface area (Å²) >= 11 is 0. The fraction of sp³-hybridized carbons (Fsp3) is 0. The topological polar surface area (TPSA) is 69.2 Å². The minimum atomic E-state index is -0.608. The number of oxazole rings is 1. The van der Waals surface area contributed by atoms with Crippen LogP contribution < -0.4 is 0 Å². The van der Waals surface area contributed by atoms with E-state index in [0.29, 0.717) is 0 Å². The van der Waals surface area contributed by atoms with Gasteiger partial charge in [0.1, 0.15) is 12.1 Å². The molecule has 0 aliphatic heterocycles. The van der Waals surface area contributed by atoms with Gasteiger partial charge in [-0.05, 0) is 6.07 Å². The average Bonchev–Trinajstić information content (AvgIpc) is 2.71. The number of rotatable bonds is 2. The van der Waals surface area contributed by atoms with Crippen LogP contribution in [0.2, 0.25) is 0 Å². The van der Waals surface area contributed by atoms with Gasteiger partial charge in [0.25, 0.3) is 5.69 Å². The van der Waals surface area contributed by atoms with E-state index in [4.69, 9.17) is 4.42 Å². The lowest BCUT2D eigenvalue weighted by molar-refractivity contribution is -0.384. The van der Waals surface area contributed by atoms with Crippen LogP contribution in [-0.2, 0) is 0 Å².